The molecule has 23 heavy (non-hydrogen) atoms. The third-order valence-corrected chi connectivity index (χ3v) is 3.60. The van der Waals surface area contributed by atoms with Gasteiger partial charge in [-0.05, 0) is 12.8 Å². The maximum Gasteiger partial charge on any atom is 0.308 e. The Balaban J connectivity index is 0.00000484. The van der Waals surface area contributed by atoms with Crippen molar-refractivity contribution < 1.29 is 14.3 Å². The van der Waals surface area contributed by atoms with Crippen molar-refractivity contribution in [2.24, 2.45) is 10.9 Å². The minimum absolute atomic E-state index is 0. The second-order valence-corrected chi connectivity index (χ2v) is 5.38. The lowest BCUT2D eigenvalue weighted by Crippen LogP contribution is -2.47. The van der Waals surface area contributed by atoms with Crippen LogP contribution in [0.25, 0.3) is 0 Å². The number of nitrogens with one attached hydrogen (secondary N) is 1. The van der Waals surface area contributed by atoms with E-state index in [4.69, 9.17) is 4.74 Å². The molecule has 1 aliphatic rings. The van der Waals surface area contributed by atoms with Crippen molar-refractivity contribution in [2.75, 3.05) is 47.4 Å². The van der Waals surface area contributed by atoms with E-state index >= 15 is 0 Å². The summed E-state index contributed by atoms with van der Waals surface area (Å²) in [6, 6.07) is 0. The number of guanidine groups is 1. The lowest BCUT2D eigenvalue weighted by Gasteiger charge is -2.33. The number of amides is 1. The van der Waals surface area contributed by atoms with Crippen molar-refractivity contribution in [3.63, 3.8) is 0 Å². The van der Waals surface area contributed by atoms with E-state index in [0.717, 1.165) is 12.8 Å². The smallest absolute Gasteiger partial charge is 0.308 e. The fraction of sp³-hybridized carbons (Fsp3) is 0.667. The van der Waals surface area contributed by atoms with Gasteiger partial charge < -0.3 is 19.9 Å². The molecule has 0 spiro atoms. The minimum Gasteiger partial charge on any atom is -0.469 e. The van der Waals surface area contributed by atoms with Crippen molar-refractivity contribution in [3.05, 3.63) is 12.7 Å². The standard InChI is InChI=1S/C15H26N4O3.HI/c1-5-8-16-15(17-11-13(20)18(2)3)19-9-6-12(7-10-19)14(21)22-4;/h5,12H,1,6-11H2,2-4H3,(H,16,17);1H. The van der Waals surface area contributed by atoms with Crippen molar-refractivity contribution >= 4 is 41.8 Å². The maximum atomic E-state index is 11.7. The van der Waals surface area contributed by atoms with Crippen LogP contribution in [-0.4, -0.2) is 75.0 Å². The van der Waals surface area contributed by atoms with Crippen molar-refractivity contribution in [1.29, 1.82) is 0 Å². The number of carbonyl (C=O) groups excluding carboxylic acids is 2. The predicted octanol–water partition coefficient (Wildman–Crippen LogP) is 0.709. The van der Waals surface area contributed by atoms with Crippen LogP contribution < -0.4 is 5.32 Å². The second kappa shape index (κ2) is 11.3. The number of rotatable bonds is 5. The first-order chi connectivity index (χ1) is 10.5. The Hall–Kier alpha value is -1.32. The molecule has 0 unspecified atom stereocenters. The molecule has 0 aromatic heterocycles. The van der Waals surface area contributed by atoms with E-state index in [9.17, 15) is 9.59 Å². The van der Waals surface area contributed by atoms with Gasteiger partial charge in [-0.2, -0.15) is 0 Å². The first-order valence-corrected chi connectivity index (χ1v) is 7.41. The molecule has 132 valence electrons. The Bertz CT molecular complexity index is 432. The first-order valence-electron chi connectivity index (χ1n) is 7.41. The van der Waals surface area contributed by atoms with E-state index in [0.29, 0.717) is 25.6 Å². The van der Waals surface area contributed by atoms with Gasteiger partial charge in [0, 0.05) is 33.7 Å². The van der Waals surface area contributed by atoms with Gasteiger partial charge in [-0.1, -0.05) is 6.08 Å². The van der Waals surface area contributed by atoms with Gasteiger partial charge in [0.25, 0.3) is 0 Å². The average Bonchev–Trinajstić information content (AvgIpc) is 2.54. The number of halogens is 1. The highest BCUT2D eigenvalue weighted by atomic mass is 127. The molecule has 0 saturated carbocycles. The first kappa shape index (κ1) is 21.7. The van der Waals surface area contributed by atoms with Crippen LogP contribution in [0.2, 0.25) is 0 Å². The molecule has 1 N–H and O–H groups in total. The summed E-state index contributed by atoms with van der Waals surface area (Å²) in [5.41, 5.74) is 0. The van der Waals surface area contributed by atoms with E-state index in [-0.39, 0.29) is 48.3 Å². The fourth-order valence-electron chi connectivity index (χ4n) is 2.21. The molecule has 1 heterocycles. The zero-order valence-corrected chi connectivity index (χ0v) is 16.4. The SMILES string of the molecule is C=CCNC(=NCC(=O)N(C)C)N1CCC(C(=O)OC)CC1.I. The highest BCUT2D eigenvalue weighted by Gasteiger charge is 2.27. The molecular formula is C15H27IN4O3. The van der Waals surface area contributed by atoms with E-state index in [2.05, 4.69) is 21.8 Å². The molecule has 0 aliphatic carbocycles. The Labute approximate surface area is 155 Å². The van der Waals surface area contributed by atoms with Crippen LogP contribution in [0.1, 0.15) is 12.8 Å². The minimum atomic E-state index is -0.153. The Kier molecular flexibility index (Phi) is 10.6. The topological polar surface area (TPSA) is 74.2 Å². The summed E-state index contributed by atoms with van der Waals surface area (Å²) in [6.07, 6.45) is 3.19. The fourth-order valence-corrected chi connectivity index (χ4v) is 2.21. The number of nitrogens with zero attached hydrogens (tertiary/aromatic N) is 3. The van der Waals surface area contributed by atoms with Gasteiger partial charge in [-0.15, -0.1) is 30.6 Å². The Morgan fingerprint density at radius 2 is 2.00 bits per heavy atom. The van der Waals surface area contributed by atoms with Crippen molar-refractivity contribution in [1.82, 2.24) is 15.1 Å². The summed E-state index contributed by atoms with van der Waals surface area (Å²) in [6.45, 7) is 5.77. The molecule has 1 aliphatic heterocycles. The monoisotopic (exact) mass is 438 g/mol. The molecule has 1 amide bonds. The number of esters is 1. The second-order valence-electron chi connectivity index (χ2n) is 5.38. The summed E-state index contributed by atoms with van der Waals surface area (Å²) < 4.78 is 4.79. The number of hydrogen-bond donors (Lipinski definition) is 1. The van der Waals surface area contributed by atoms with Crippen LogP contribution in [0.3, 0.4) is 0 Å². The molecule has 7 nitrogen and oxygen atoms in total. The van der Waals surface area contributed by atoms with Crippen LogP contribution in [-0.2, 0) is 14.3 Å². The Morgan fingerprint density at radius 1 is 1.39 bits per heavy atom. The van der Waals surface area contributed by atoms with Gasteiger partial charge in [0.1, 0.15) is 6.54 Å². The maximum absolute atomic E-state index is 11.7. The predicted molar refractivity (Wildman–Crippen MR) is 101 cm³/mol. The molecule has 0 bridgehead atoms. The number of carbonyl (C=O) groups is 2. The van der Waals surface area contributed by atoms with Gasteiger partial charge in [-0.25, -0.2) is 4.99 Å². The quantitative estimate of drug-likeness (QED) is 0.225. The summed E-state index contributed by atoms with van der Waals surface area (Å²) in [4.78, 5) is 31.2. The number of piperidine rings is 1. The van der Waals surface area contributed by atoms with Gasteiger partial charge >= 0.3 is 5.97 Å². The Morgan fingerprint density at radius 3 is 2.48 bits per heavy atom. The molecule has 1 saturated heterocycles. The van der Waals surface area contributed by atoms with E-state index < -0.39 is 0 Å². The molecule has 0 radical (unpaired) electrons. The molecule has 0 aromatic rings. The third kappa shape index (κ3) is 7.19. The van der Waals surface area contributed by atoms with Crippen LogP contribution in [0.15, 0.2) is 17.6 Å². The highest BCUT2D eigenvalue weighted by molar-refractivity contribution is 14.0. The number of likely N-dealkylation sites (tertiary alicyclic amines) is 1. The van der Waals surface area contributed by atoms with Crippen molar-refractivity contribution in [2.45, 2.75) is 12.8 Å². The average molecular weight is 438 g/mol. The summed E-state index contributed by atoms with van der Waals surface area (Å²) in [7, 11) is 4.83. The summed E-state index contributed by atoms with van der Waals surface area (Å²) in [5.74, 6) is 0.422. The van der Waals surface area contributed by atoms with E-state index in [1.54, 1.807) is 20.2 Å². The van der Waals surface area contributed by atoms with Crippen LogP contribution in [0.5, 0.6) is 0 Å². The van der Waals surface area contributed by atoms with Crippen molar-refractivity contribution in [3.8, 4) is 0 Å². The van der Waals surface area contributed by atoms with Gasteiger partial charge in [-0.3, -0.25) is 9.59 Å². The lowest BCUT2D eigenvalue weighted by atomic mass is 9.97. The zero-order valence-electron chi connectivity index (χ0n) is 14.1. The largest absolute Gasteiger partial charge is 0.469 e. The number of methoxy groups -OCH3 is 1. The molecule has 0 aromatic carbocycles. The molecule has 1 fully saturated rings. The summed E-state index contributed by atoms with van der Waals surface area (Å²) >= 11 is 0. The van der Waals surface area contributed by atoms with E-state index in [1.807, 2.05) is 0 Å². The molecule has 0 atom stereocenters. The molecule has 1 rings (SSSR count). The summed E-state index contributed by atoms with van der Waals surface area (Å²) in [5, 5.41) is 3.16. The van der Waals surface area contributed by atoms with Crippen LogP contribution >= 0.6 is 24.0 Å². The van der Waals surface area contributed by atoms with Gasteiger partial charge in [0.05, 0.1) is 13.0 Å². The lowest BCUT2D eigenvalue weighted by molar-refractivity contribution is -0.146. The molecular weight excluding hydrogens is 411 g/mol. The number of hydrogen-bond acceptors (Lipinski definition) is 4. The number of likely N-dealkylation sites (N-methyl/N-ethyl adjacent to an activating group) is 1. The number of aliphatic imine (C=N–C) groups is 1. The van der Waals surface area contributed by atoms with Crippen LogP contribution in [0, 0.1) is 5.92 Å². The normalized spacial score (nSPS) is 15.4. The zero-order chi connectivity index (χ0) is 16.5. The van der Waals surface area contributed by atoms with Gasteiger partial charge in [0.15, 0.2) is 5.96 Å². The third-order valence-electron chi connectivity index (χ3n) is 3.60. The highest BCUT2D eigenvalue weighted by Crippen LogP contribution is 2.18. The van der Waals surface area contributed by atoms with E-state index in [1.165, 1.54) is 12.0 Å². The van der Waals surface area contributed by atoms with Crippen LogP contribution in [0.4, 0.5) is 0 Å². The molecule has 8 heteroatoms. The number of ether oxygens (including phenoxy) is 1. The van der Waals surface area contributed by atoms with Gasteiger partial charge in [0.2, 0.25) is 5.91 Å².